The van der Waals surface area contributed by atoms with Crippen LogP contribution in [0.3, 0.4) is 0 Å². The van der Waals surface area contributed by atoms with Crippen LogP contribution in [-0.2, 0) is 9.59 Å². The molecule has 1 N–H and O–H groups in total. The van der Waals surface area contributed by atoms with Crippen molar-refractivity contribution in [3.63, 3.8) is 0 Å². The van der Waals surface area contributed by atoms with Crippen molar-refractivity contribution in [1.29, 1.82) is 0 Å². The molecule has 5 rings (SSSR count). The molecule has 2 aliphatic rings. The molecule has 0 radical (unpaired) electrons. The van der Waals surface area contributed by atoms with Crippen molar-refractivity contribution in [1.82, 2.24) is 10.4 Å². The van der Waals surface area contributed by atoms with Crippen molar-refractivity contribution in [3.8, 4) is 11.5 Å². The highest BCUT2D eigenvalue weighted by Gasteiger charge is 2.60. The second kappa shape index (κ2) is 9.40. The molecule has 2 heterocycles. The summed E-state index contributed by atoms with van der Waals surface area (Å²) >= 11 is 3.39. The van der Waals surface area contributed by atoms with Crippen LogP contribution in [0.1, 0.15) is 27.5 Å². The number of hydrogen-bond donors (Lipinski definition) is 1. The highest BCUT2D eigenvalue weighted by Crippen LogP contribution is 2.45. The first-order valence-electron chi connectivity index (χ1n) is 11.4. The molecule has 0 aromatic heterocycles. The van der Waals surface area contributed by atoms with E-state index in [1.54, 1.807) is 55.6 Å². The number of halogens is 1. The molecule has 36 heavy (non-hydrogen) atoms. The lowest BCUT2D eigenvalue weighted by atomic mass is 9.90. The number of methoxy groups -OCH3 is 2. The van der Waals surface area contributed by atoms with Gasteiger partial charge in [0.1, 0.15) is 17.5 Å². The Labute approximate surface area is 216 Å². The topological polar surface area (TPSA) is 88.2 Å². The van der Waals surface area contributed by atoms with Gasteiger partial charge in [-0.3, -0.25) is 19.4 Å². The lowest BCUT2D eigenvalue weighted by Crippen LogP contribution is -2.48. The number of carbonyl (C=O) groups is 3. The Kier molecular flexibility index (Phi) is 6.27. The minimum atomic E-state index is -1.03. The Hall–Kier alpha value is -3.69. The summed E-state index contributed by atoms with van der Waals surface area (Å²) in [6.45, 7) is 1.93. The number of ether oxygens (including phenoxy) is 2. The zero-order chi connectivity index (χ0) is 25.6. The average Bonchev–Trinajstić information content (AvgIpc) is 3.40. The van der Waals surface area contributed by atoms with E-state index in [4.69, 9.17) is 9.47 Å². The van der Waals surface area contributed by atoms with E-state index in [-0.39, 0.29) is 5.91 Å². The Bertz CT molecular complexity index is 1360. The van der Waals surface area contributed by atoms with E-state index >= 15 is 0 Å². The molecule has 3 amide bonds. The zero-order valence-corrected chi connectivity index (χ0v) is 21.5. The van der Waals surface area contributed by atoms with E-state index in [1.165, 1.54) is 17.0 Å². The fraction of sp³-hybridized carbons (Fsp3) is 0.222. The van der Waals surface area contributed by atoms with Crippen molar-refractivity contribution < 1.29 is 23.9 Å². The number of hydrogen-bond acceptors (Lipinski definition) is 6. The minimum Gasteiger partial charge on any atom is -0.497 e. The molecule has 2 aliphatic heterocycles. The van der Waals surface area contributed by atoms with Crippen LogP contribution in [0.4, 0.5) is 5.69 Å². The average molecular weight is 550 g/mol. The Morgan fingerprint density at radius 3 is 2.36 bits per heavy atom. The molecule has 184 valence electrons. The van der Waals surface area contributed by atoms with Crippen molar-refractivity contribution in [2.24, 2.45) is 5.92 Å². The number of nitrogens with zero attached hydrogens (tertiary/aromatic N) is 2. The third-order valence-corrected chi connectivity index (χ3v) is 7.09. The maximum atomic E-state index is 13.8. The van der Waals surface area contributed by atoms with E-state index < -0.39 is 29.8 Å². The molecule has 2 saturated heterocycles. The van der Waals surface area contributed by atoms with Crippen molar-refractivity contribution >= 4 is 39.3 Å². The van der Waals surface area contributed by atoms with Gasteiger partial charge >= 0.3 is 0 Å². The number of hydrazine groups is 1. The van der Waals surface area contributed by atoms with E-state index in [9.17, 15) is 14.4 Å². The molecule has 8 nitrogen and oxygen atoms in total. The largest absolute Gasteiger partial charge is 0.497 e. The highest BCUT2D eigenvalue weighted by atomic mass is 79.9. The Morgan fingerprint density at radius 2 is 1.69 bits per heavy atom. The van der Waals surface area contributed by atoms with Gasteiger partial charge in [0.05, 0.1) is 31.9 Å². The molecule has 0 spiro atoms. The van der Waals surface area contributed by atoms with Gasteiger partial charge in [0.15, 0.2) is 0 Å². The summed E-state index contributed by atoms with van der Waals surface area (Å²) in [5.41, 5.74) is 5.66. The molecule has 9 heteroatoms. The maximum absolute atomic E-state index is 13.8. The molecule has 0 unspecified atom stereocenters. The van der Waals surface area contributed by atoms with Crippen LogP contribution in [0.2, 0.25) is 0 Å². The summed E-state index contributed by atoms with van der Waals surface area (Å²) < 4.78 is 11.6. The number of benzene rings is 3. The standard InChI is InChI=1S/C27H24BrN3O5/c1-15-7-9-18(10-8-15)30-26(33)22-23(20-12-11-19(35-2)14-21(20)36-3)29-31(24(22)27(30)34)25(32)16-5-4-6-17(28)13-16/h4-14,22-24,29H,1-3H3/t22-,23+,24+/m1/s1. The van der Waals surface area contributed by atoms with Crippen LogP contribution >= 0.6 is 15.9 Å². The van der Waals surface area contributed by atoms with Crippen molar-refractivity contribution in [2.45, 2.75) is 19.0 Å². The summed E-state index contributed by atoms with van der Waals surface area (Å²) in [5, 5.41) is 1.29. The third-order valence-electron chi connectivity index (χ3n) is 6.59. The van der Waals surface area contributed by atoms with Crippen LogP contribution < -0.4 is 19.8 Å². The molecule has 0 saturated carbocycles. The SMILES string of the molecule is COc1ccc([C@@H]2NN(C(=O)c3cccc(Br)c3)[C@@H]3C(=O)N(c4ccc(C)cc4)C(=O)[C@@H]32)c(OC)c1. The number of anilines is 1. The Balaban J connectivity index is 1.61. The van der Waals surface area contributed by atoms with Crippen molar-refractivity contribution in [2.75, 3.05) is 19.1 Å². The Morgan fingerprint density at radius 1 is 0.944 bits per heavy atom. The second-order valence-corrected chi connectivity index (χ2v) is 9.63. The quantitative estimate of drug-likeness (QED) is 0.483. The van der Waals surface area contributed by atoms with Gasteiger partial charge in [-0.2, -0.15) is 0 Å². The lowest BCUT2D eigenvalue weighted by molar-refractivity contribution is -0.123. The fourth-order valence-electron chi connectivity index (χ4n) is 4.82. The molecule has 3 aromatic carbocycles. The predicted molar refractivity (Wildman–Crippen MR) is 137 cm³/mol. The monoisotopic (exact) mass is 549 g/mol. The zero-order valence-electron chi connectivity index (χ0n) is 19.9. The second-order valence-electron chi connectivity index (χ2n) is 8.72. The molecule has 0 aliphatic carbocycles. The normalized spacial score (nSPS) is 21.1. The minimum absolute atomic E-state index is 0.381. The molecule has 2 fully saturated rings. The first-order chi connectivity index (χ1) is 17.3. The third kappa shape index (κ3) is 3.94. The summed E-state index contributed by atoms with van der Waals surface area (Å²) in [6, 6.07) is 17.6. The van der Waals surface area contributed by atoms with Gasteiger partial charge in [0, 0.05) is 21.7 Å². The van der Waals surface area contributed by atoms with Gasteiger partial charge in [0.25, 0.3) is 11.8 Å². The van der Waals surface area contributed by atoms with Gasteiger partial charge in [0.2, 0.25) is 5.91 Å². The lowest BCUT2D eigenvalue weighted by Gasteiger charge is -2.26. The summed E-state index contributed by atoms with van der Waals surface area (Å²) in [5.74, 6) is -1.03. The first-order valence-corrected chi connectivity index (χ1v) is 12.1. The molecule has 0 bridgehead atoms. The maximum Gasteiger partial charge on any atom is 0.268 e. The van der Waals surface area contributed by atoms with Crippen LogP contribution in [0.25, 0.3) is 0 Å². The van der Waals surface area contributed by atoms with Gasteiger partial charge in [-0.15, -0.1) is 0 Å². The van der Waals surface area contributed by atoms with Crippen molar-refractivity contribution in [3.05, 3.63) is 87.9 Å². The number of nitrogens with one attached hydrogen (secondary N) is 1. The smallest absolute Gasteiger partial charge is 0.268 e. The number of rotatable bonds is 5. The highest BCUT2D eigenvalue weighted by molar-refractivity contribution is 9.10. The van der Waals surface area contributed by atoms with Crippen LogP contribution in [0.15, 0.2) is 71.2 Å². The molecular formula is C27H24BrN3O5. The van der Waals surface area contributed by atoms with Gasteiger partial charge in [-0.05, 0) is 49.4 Å². The number of imide groups is 1. The van der Waals surface area contributed by atoms with Crippen LogP contribution in [0.5, 0.6) is 11.5 Å². The van der Waals surface area contributed by atoms with Crippen LogP contribution in [-0.4, -0.2) is 43.0 Å². The molecule has 3 atom stereocenters. The molecular weight excluding hydrogens is 526 g/mol. The number of fused-ring (bicyclic) bond motifs is 1. The number of amides is 3. The van der Waals surface area contributed by atoms with E-state index in [0.717, 1.165) is 10.0 Å². The number of aryl methyl sites for hydroxylation is 1. The van der Waals surface area contributed by atoms with E-state index in [2.05, 4.69) is 21.4 Å². The van der Waals surface area contributed by atoms with Gasteiger partial charge in [-0.1, -0.05) is 39.7 Å². The number of carbonyl (C=O) groups excluding carboxylic acids is 3. The molecule has 3 aromatic rings. The van der Waals surface area contributed by atoms with E-state index in [0.29, 0.717) is 28.3 Å². The summed E-state index contributed by atoms with van der Waals surface area (Å²) in [7, 11) is 3.07. The summed E-state index contributed by atoms with van der Waals surface area (Å²) in [6.07, 6.45) is 0. The van der Waals surface area contributed by atoms with Gasteiger partial charge in [-0.25, -0.2) is 10.3 Å². The van der Waals surface area contributed by atoms with Gasteiger partial charge < -0.3 is 9.47 Å². The summed E-state index contributed by atoms with van der Waals surface area (Å²) in [4.78, 5) is 42.3. The first kappa shape index (κ1) is 24.0. The van der Waals surface area contributed by atoms with E-state index in [1.807, 2.05) is 25.1 Å². The fourth-order valence-corrected chi connectivity index (χ4v) is 5.22. The van der Waals surface area contributed by atoms with Crippen LogP contribution in [0, 0.1) is 12.8 Å². The predicted octanol–water partition coefficient (Wildman–Crippen LogP) is 4.03.